The van der Waals surface area contributed by atoms with Crippen LogP contribution in [0.5, 0.6) is 0 Å². The van der Waals surface area contributed by atoms with Crippen LogP contribution in [0.1, 0.15) is 85.5 Å². The summed E-state index contributed by atoms with van der Waals surface area (Å²) in [5.41, 5.74) is 2.31. The van der Waals surface area contributed by atoms with Crippen LogP contribution in [-0.4, -0.2) is 29.7 Å². The molecule has 30 heavy (non-hydrogen) atoms. The van der Waals surface area contributed by atoms with E-state index in [0.717, 1.165) is 43.6 Å². The fourth-order valence-electron chi connectivity index (χ4n) is 9.66. The van der Waals surface area contributed by atoms with Crippen molar-refractivity contribution < 1.29 is 14.6 Å². The molecular weight excluding hydrogens is 372 g/mol. The van der Waals surface area contributed by atoms with E-state index < -0.39 is 0 Å². The van der Waals surface area contributed by atoms with Crippen molar-refractivity contribution in [1.29, 1.82) is 0 Å². The third-order valence-corrected chi connectivity index (χ3v) is 11.3. The molecule has 0 aromatic rings. The van der Waals surface area contributed by atoms with E-state index in [2.05, 4.69) is 33.8 Å². The molecule has 4 aliphatic carbocycles. The van der Waals surface area contributed by atoms with Crippen LogP contribution < -0.4 is 0 Å². The molecule has 2 heterocycles. The van der Waals surface area contributed by atoms with E-state index in [-0.39, 0.29) is 11.9 Å². The summed E-state index contributed by atoms with van der Waals surface area (Å²) >= 11 is 0. The summed E-state index contributed by atoms with van der Waals surface area (Å²) in [4.78, 5) is 0. The van der Waals surface area contributed by atoms with Crippen molar-refractivity contribution >= 4 is 0 Å². The fraction of sp³-hybridized carbons (Fsp3) is 0.926. The number of fused-ring (bicyclic) bond motifs is 7. The summed E-state index contributed by atoms with van der Waals surface area (Å²) in [7, 11) is 0. The van der Waals surface area contributed by atoms with Gasteiger partial charge < -0.3 is 14.6 Å². The Hall–Kier alpha value is -0.380. The van der Waals surface area contributed by atoms with Crippen molar-refractivity contribution in [3.63, 3.8) is 0 Å². The maximum absolute atomic E-state index is 10.3. The summed E-state index contributed by atoms with van der Waals surface area (Å²) in [6, 6.07) is 0. The monoisotopic (exact) mass is 414 g/mol. The second-order valence-corrected chi connectivity index (χ2v) is 12.7. The Kier molecular flexibility index (Phi) is 4.44. The van der Waals surface area contributed by atoms with Crippen LogP contribution in [0, 0.1) is 46.3 Å². The molecule has 0 aromatic carbocycles. The number of allylic oxidation sites excluding steroid dienone is 1. The molecule has 6 rings (SSSR count). The number of hydrogen-bond acceptors (Lipinski definition) is 3. The Labute approximate surface area is 183 Å². The average molecular weight is 415 g/mol. The minimum Gasteiger partial charge on any atom is -0.393 e. The molecule has 3 heteroatoms. The number of ether oxygens (including phenoxy) is 2. The minimum absolute atomic E-state index is 0.107. The largest absolute Gasteiger partial charge is 0.393 e. The minimum atomic E-state index is -0.294. The van der Waals surface area contributed by atoms with Crippen LogP contribution in [0.25, 0.3) is 0 Å². The Bertz CT molecular complexity index is 736. The number of aliphatic hydroxyl groups excluding tert-OH is 1. The number of hydrogen-bond donors (Lipinski definition) is 1. The Balaban J connectivity index is 1.28. The Morgan fingerprint density at radius 3 is 2.63 bits per heavy atom. The van der Waals surface area contributed by atoms with Gasteiger partial charge in [-0.2, -0.15) is 0 Å². The van der Waals surface area contributed by atoms with Gasteiger partial charge in [0.05, 0.1) is 18.8 Å². The molecule has 11 atom stereocenters. The summed E-state index contributed by atoms with van der Waals surface area (Å²) in [6.45, 7) is 10.8. The van der Waals surface area contributed by atoms with Crippen LogP contribution >= 0.6 is 0 Å². The van der Waals surface area contributed by atoms with Crippen LogP contribution in [0.2, 0.25) is 0 Å². The predicted molar refractivity (Wildman–Crippen MR) is 118 cm³/mol. The van der Waals surface area contributed by atoms with Gasteiger partial charge in [-0.1, -0.05) is 39.3 Å². The SMILES string of the molecule is C[C@@H]1CC[C@@]2(OC1)O[C@H]1C[C@H]3[C@@H]4CC=C5C[C@@H](O)CC[C@]5(C)[C@@H]4CC[C@]3(C)[C@@H]1[C@H]2C. The molecule has 5 fully saturated rings. The van der Waals surface area contributed by atoms with Gasteiger partial charge in [0.25, 0.3) is 0 Å². The summed E-state index contributed by atoms with van der Waals surface area (Å²) in [5, 5.41) is 10.3. The number of aliphatic hydroxyl groups is 1. The first-order chi connectivity index (χ1) is 14.3. The zero-order chi connectivity index (χ0) is 20.9. The molecule has 6 aliphatic rings. The standard InChI is InChI=1S/C27H42O3/c1-16-7-12-27(29-15-16)17(2)24-23(30-27)14-22-20-6-5-18-13-19(28)8-10-25(18,3)21(20)9-11-26(22,24)4/h5,16-17,19-24,28H,6-15H2,1-4H3/t16-,17-,19+,20-,21-,22+,23+,24-,25+,26+,27-/m1/s1. The van der Waals surface area contributed by atoms with Gasteiger partial charge >= 0.3 is 0 Å². The molecule has 0 radical (unpaired) electrons. The third-order valence-electron chi connectivity index (χ3n) is 11.3. The van der Waals surface area contributed by atoms with Gasteiger partial charge in [-0.3, -0.25) is 0 Å². The zero-order valence-corrected chi connectivity index (χ0v) is 19.5. The molecule has 3 nitrogen and oxygen atoms in total. The third kappa shape index (κ3) is 2.55. The van der Waals surface area contributed by atoms with Crippen LogP contribution in [0.15, 0.2) is 11.6 Å². The topological polar surface area (TPSA) is 38.7 Å². The molecule has 0 bridgehead atoms. The van der Waals surface area contributed by atoms with Gasteiger partial charge in [0.1, 0.15) is 0 Å². The van der Waals surface area contributed by atoms with Gasteiger partial charge in [-0.25, -0.2) is 0 Å². The first-order valence-corrected chi connectivity index (χ1v) is 13.0. The van der Waals surface area contributed by atoms with Crippen molar-refractivity contribution in [2.75, 3.05) is 6.61 Å². The first kappa shape index (κ1) is 20.2. The lowest BCUT2D eigenvalue weighted by Gasteiger charge is -2.58. The summed E-state index contributed by atoms with van der Waals surface area (Å²) < 4.78 is 13.3. The van der Waals surface area contributed by atoms with Crippen molar-refractivity contribution in [3.05, 3.63) is 11.6 Å². The van der Waals surface area contributed by atoms with E-state index in [1.807, 2.05) is 0 Å². The van der Waals surface area contributed by atoms with E-state index in [0.29, 0.717) is 34.7 Å². The van der Waals surface area contributed by atoms with E-state index in [1.54, 1.807) is 5.57 Å². The van der Waals surface area contributed by atoms with E-state index in [1.165, 1.54) is 38.5 Å². The molecule has 1 N–H and O–H groups in total. The van der Waals surface area contributed by atoms with Gasteiger partial charge in [0.2, 0.25) is 0 Å². The second kappa shape index (κ2) is 6.58. The zero-order valence-electron chi connectivity index (χ0n) is 19.5. The molecule has 0 aromatic heterocycles. The molecule has 1 spiro atoms. The summed E-state index contributed by atoms with van der Waals surface area (Å²) in [5.74, 6) is 3.94. The van der Waals surface area contributed by atoms with E-state index in [9.17, 15) is 5.11 Å². The second-order valence-electron chi connectivity index (χ2n) is 12.7. The van der Waals surface area contributed by atoms with Gasteiger partial charge in [0, 0.05) is 12.3 Å². The predicted octanol–water partition coefficient (Wildman–Crippen LogP) is 5.71. The highest BCUT2D eigenvalue weighted by Gasteiger charge is 2.68. The van der Waals surface area contributed by atoms with Crippen molar-refractivity contribution in [2.45, 2.75) is 103 Å². The van der Waals surface area contributed by atoms with E-state index in [4.69, 9.17) is 9.47 Å². The molecule has 0 unspecified atom stereocenters. The lowest BCUT2D eigenvalue weighted by Crippen LogP contribution is -2.52. The summed E-state index contributed by atoms with van der Waals surface area (Å²) in [6.07, 6.45) is 13.5. The van der Waals surface area contributed by atoms with Gasteiger partial charge in [0.15, 0.2) is 5.79 Å². The van der Waals surface area contributed by atoms with Crippen molar-refractivity contribution in [1.82, 2.24) is 0 Å². The van der Waals surface area contributed by atoms with Crippen molar-refractivity contribution in [2.24, 2.45) is 46.3 Å². The molecule has 2 aliphatic heterocycles. The highest BCUT2D eigenvalue weighted by atomic mass is 16.7. The molecule has 168 valence electrons. The highest BCUT2D eigenvalue weighted by molar-refractivity contribution is 5.26. The quantitative estimate of drug-likeness (QED) is 0.516. The lowest BCUT2D eigenvalue weighted by atomic mass is 9.47. The average Bonchev–Trinajstić information content (AvgIpc) is 3.16. The maximum atomic E-state index is 10.3. The van der Waals surface area contributed by atoms with Gasteiger partial charge in [-0.15, -0.1) is 0 Å². The lowest BCUT2D eigenvalue weighted by molar-refractivity contribution is -0.272. The molecule has 3 saturated carbocycles. The Morgan fingerprint density at radius 2 is 1.87 bits per heavy atom. The molecule has 0 amide bonds. The van der Waals surface area contributed by atoms with Crippen molar-refractivity contribution in [3.8, 4) is 0 Å². The number of rotatable bonds is 0. The van der Waals surface area contributed by atoms with Gasteiger partial charge in [-0.05, 0) is 91.8 Å². The van der Waals surface area contributed by atoms with E-state index >= 15 is 0 Å². The Morgan fingerprint density at radius 1 is 1.03 bits per heavy atom. The van der Waals surface area contributed by atoms with Crippen LogP contribution in [-0.2, 0) is 9.47 Å². The van der Waals surface area contributed by atoms with Crippen LogP contribution in [0.3, 0.4) is 0 Å². The molecular formula is C27H42O3. The smallest absolute Gasteiger partial charge is 0.171 e. The molecule has 2 saturated heterocycles. The highest BCUT2D eigenvalue weighted by Crippen LogP contribution is 2.70. The van der Waals surface area contributed by atoms with Crippen LogP contribution in [0.4, 0.5) is 0 Å². The maximum Gasteiger partial charge on any atom is 0.171 e. The normalized spacial score (nSPS) is 59.8. The fourth-order valence-corrected chi connectivity index (χ4v) is 9.66. The first-order valence-electron chi connectivity index (χ1n) is 13.0.